The van der Waals surface area contributed by atoms with Gasteiger partial charge in [-0.1, -0.05) is 79.6 Å². The molecule has 0 N–H and O–H groups in total. The van der Waals surface area contributed by atoms with E-state index < -0.39 is 0 Å². The van der Waals surface area contributed by atoms with Crippen molar-refractivity contribution in [3.05, 3.63) is 52.7 Å². The number of hydrogen-bond acceptors (Lipinski definition) is 0. The Balaban J connectivity index is 2.21. The second-order valence-corrected chi connectivity index (χ2v) is 10.7. The summed E-state index contributed by atoms with van der Waals surface area (Å²) in [6.45, 7) is 0. The summed E-state index contributed by atoms with van der Waals surface area (Å²) in [5, 5.41) is 13.0. The van der Waals surface area contributed by atoms with Crippen molar-refractivity contribution < 1.29 is 0 Å². The first-order chi connectivity index (χ1) is 12.0. The Kier molecular flexibility index (Phi) is 3.16. The highest BCUT2D eigenvalue weighted by molar-refractivity contribution is 9.11. The minimum atomic E-state index is 1.13. The molecule has 0 aromatic heterocycles. The van der Waals surface area contributed by atoms with Crippen LogP contribution in [0.2, 0.25) is 0 Å². The van der Waals surface area contributed by atoms with Crippen LogP contribution in [0, 0.1) is 0 Å². The van der Waals surface area contributed by atoms with Crippen LogP contribution in [-0.4, -0.2) is 0 Å². The molecule has 0 fully saturated rings. The standard InChI is InChI=1S/C20H5Br5/c21-11-1-6-12(22)3-8-14(24)5-10-15(25)4-9-13(23)2-7(11)17-16(6)18(8)20(10)19(9)17/h1-5H. The van der Waals surface area contributed by atoms with Gasteiger partial charge in [-0.15, -0.1) is 0 Å². The Labute approximate surface area is 184 Å². The third-order valence-electron chi connectivity index (χ3n) is 5.24. The van der Waals surface area contributed by atoms with E-state index in [0.29, 0.717) is 0 Å². The first-order valence-corrected chi connectivity index (χ1v) is 11.5. The van der Waals surface area contributed by atoms with Gasteiger partial charge < -0.3 is 0 Å². The van der Waals surface area contributed by atoms with E-state index in [2.05, 4.69) is 110 Å². The van der Waals surface area contributed by atoms with Gasteiger partial charge >= 0.3 is 0 Å². The van der Waals surface area contributed by atoms with Crippen molar-refractivity contribution in [1.82, 2.24) is 0 Å². The molecule has 0 amide bonds. The predicted octanol–water partition coefficient (Wildman–Crippen LogP) is 9.58. The average Bonchev–Trinajstić information content (AvgIpc) is 2.92. The van der Waals surface area contributed by atoms with Crippen molar-refractivity contribution in [1.29, 1.82) is 0 Å². The molecule has 0 saturated carbocycles. The van der Waals surface area contributed by atoms with Gasteiger partial charge in [0, 0.05) is 22.4 Å². The van der Waals surface area contributed by atoms with Gasteiger partial charge in [-0.25, -0.2) is 0 Å². The summed E-state index contributed by atoms with van der Waals surface area (Å²) in [4.78, 5) is 0. The lowest BCUT2D eigenvalue weighted by Gasteiger charge is -2.10. The van der Waals surface area contributed by atoms with Crippen molar-refractivity contribution in [3.8, 4) is 0 Å². The summed E-state index contributed by atoms with van der Waals surface area (Å²) in [7, 11) is 0. The van der Waals surface area contributed by atoms with E-state index in [4.69, 9.17) is 0 Å². The average molecular weight is 645 g/mol. The van der Waals surface area contributed by atoms with Crippen molar-refractivity contribution >= 4 is 134 Å². The Morgan fingerprint density at radius 2 is 0.480 bits per heavy atom. The molecule has 0 spiro atoms. The molecular formula is C20H5Br5. The maximum atomic E-state index is 3.80. The maximum Gasteiger partial charge on any atom is 0.0261 e. The first-order valence-electron chi connectivity index (χ1n) is 7.58. The highest BCUT2D eigenvalue weighted by atomic mass is 79.9. The SMILES string of the molecule is Brc1cc2c(Br)cc3c(Br)cc4c(Br)cc5c(Br)cc1c1c5c4c3c21. The summed E-state index contributed by atoms with van der Waals surface area (Å²) >= 11 is 19.0. The minimum absolute atomic E-state index is 1.13. The van der Waals surface area contributed by atoms with Gasteiger partial charge in [0.15, 0.2) is 0 Å². The number of halogens is 5. The van der Waals surface area contributed by atoms with E-state index in [1.54, 1.807) is 0 Å². The van der Waals surface area contributed by atoms with E-state index in [-0.39, 0.29) is 0 Å². The molecule has 0 nitrogen and oxygen atoms in total. The van der Waals surface area contributed by atoms with Gasteiger partial charge in [0.25, 0.3) is 0 Å². The second kappa shape index (κ2) is 4.99. The normalized spacial score (nSPS) is 13.0. The smallest absolute Gasteiger partial charge is 0.0261 e. The van der Waals surface area contributed by atoms with Gasteiger partial charge in [-0.05, 0) is 84.2 Å². The molecule has 6 aromatic carbocycles. The molecule has 6 aromatic rings. The predicted molar refractivity (Wildman–Crippen MR) is 126 cm³/mol. The lowest BCUT2D eigenvalue weighted by Crippen LogP contribution is -1.82. The van der Waals surface area contributed by atoms with Gasteiger partial charge in [-0.3, -0.25) is 0 Å². The Morgan fingerprint density at radius 1 is 0.320 bits per heavy atom. The van der Waals surface area contributed by atoms with E-state index in [1.165, 1.54) is 53.9 Å². The number of hydrogen-bond donors (Lipinski definition) is 0. The zero-order valence-corrected chi connectivity index (χ0v) is 20.2. The molecule has 0 aliphatic rings. The molecule has 0 aliphatic heterocycles. The summed E-state index contributed by atoms with van der Waals surface area (Å²) in [5.41, 5.74) is 0. The van der Waals surface area contributed by atoms with Gasteiger partial charge in [0.05, 0.1) is 0 Å². The fourth-order valence-corrected chi connectivity index (χ4v) is 7.00. The molecule has 0 unspecified atom stereocenters. The van der Waals surface area contributed by atoms with E-state index in [9.17, 15) is 0 Å². The van der Waals surface area contributed by atoms with Crippen LogP contribution in [0.1, 0.15) is 0 Å². The highest BCUT2D eigenvalue weighted by Crippen LogP contribution is 2.54. The van der Waals surface area contributed by atoms with Crippen LogP contribution in [0.4, 0.5) is 0 Å². The van der Waals surface area contributed by atoms with Crippen LogP contribution >= 0.6 is 79.6 Å². The van der Waals surface area contributed by atoms with Gasteiger partial charge in [-0.2, -0.15) is 0 Å². The molecule has 0 aliphatic carbocycles. The molecular weight excluding hydrogens is 640 g/mol. The van der Waals surface area contributed by atoms with Crippen LogP contribution in [0.3, 0.4) is 0 Å². The van der Waals surface area contributed by atoms with E-state index in [0.717, 1.165) is 22.4 Å². The maximum absolute atomic E-state index is 3.80. The minimum Gasteiger partial charge on any atom is -0.0501 e. The van der Waals surface area contributed by atoms with Crippen LogP contribution in [0.5, 0.6) is 0 Å². The quantitative estimate of drug-likeness (QED) is 0.145. The fourth-order valence-electron chi connectivity index (χ4n) is 4.30. The van der Waals surface area contributed by atoms with Crippen molar-refractivity contribution in [2.24, 2.45) is 0 Å². The monoisotopic (exact) mass is 640 g/mol. The van der Waals surface area contributed by atoms with Gasteiger partial charge in [0.2, 0.25) is 0 Å². The number of rotatable bonds is 0. The number of benzene rings is 5. The summed E-state index contributed by atoms with van der Waals surface area (Å²) < 4.78 is 5.63. The molecule has 6 rings (SSSR count). The van der Waals surface area contributed by atoms with E-state index in [1.807, 2.05) is 0 Å². The van der Waals surface area contributed by atoms with E-state index >= 15 is 0 Å². The summed E-state index contributed by atoms with van der Waals surface area (Å²) in [5.74, 6) is 0. The lowest BCUT2D eigenvalue weighted by molar-refractivity contribution is 1.77. The molecule has 0 saturated heterocycles. The van der Waals surface area contributed by atoms with Crippen molar-refractivity contribution in [3.63, 3.8) is 0 Å². The molecule has 0 atom stereocenters. The Morgan fingerprint density at radius 3 is 0.640 bits per heavy atom. The first kappa shape index (κ1) is 15.8. The largest absolute Gasteiger partial charge is 0.0501 e. The topological polar surface area (TPSA) is 0 Å². The lowest BCUT2D eigenvalue weighted by atomic mass is 10.00. The summed E-state index contributed by atoms with van der Waals surface area (Å²) in [6, 6.07) is 11.1. The third kappa shape index (κ3) is 1.78. The van der Waals surface area contributed by atoms with Crippen LogP contribution < -0.4 is 0 Å². The molecule has 5 heteroatoms. The molecule has 0 radical (unpaired) electrons. The van der Waals surface area contributed by atoms with Crippen molar-refractivity contribution in [2.75, 3.05) is 0 Å². The molecule has 120 valence electrons. The fraction of sp³-hybridized carbons (Fsp3) is 0. The van der Waals surface area contributed by atoms with Crippen LogP contribution in [0.25, 0.3) is 53.9 Å². The second-order valence-electron chi connectivity index (χ2n) is 6.40. The zero-order valence-electron chi connectivity index (χ0n) is 12.3. The summed E-state index contributed by atoms with van der Waals surface area (Å²) in [6.07, 6.45) is 0. The third-order valence-corrected chi connectivity index (χ3v) is 8.52. The zero-order chi connectivity index (χ0) is 17.2. The van der Waals surface area contributed by atoms with Crippen LogP contribution in [-0.2, 0) is 0 Å². The molecule has 0 bridgehead atoms. The molecule has 0 heterocycles. The van der Waals surface area contributed by atoms with Crippen molar-refractivity contribution in [2.45, 2.75) is 0 Å². The van der Waals surface area contributed by atoms with Gasteiger partial charge in [0.1, 0.15) is 0 Å². The Hall–Kier alpha value is -0.200. The molecule has 25 heavy (non-hydrogen) atoms. The van der Waals surface area contributed by atoms with Crippen LogP contribution in [0.15, 0.2) is 52.7 Å². The Bertz CT molecular complexity index is 1190. The highest BCUT2D eigenvalue weighted by Gasteiger charge is 2.25.